The molecule has 1 aromatic rings. The number of rotatable bonds is 6. The Kier molecular flexibility index (Phi) is 4.72. The Bertz CT molecular complexity index is 377. The minimum atomic E-state index is -0.0802. The van der Waals surface area contributed by atoms with E-state index in [2.05, 4.69) is 12.2 Å². The lowest BCUT2D eigenvalue weighted by Gasteiger charge is -2.38. The quantitative estimate of drug-likeness (QED) is 0.815. The highest BCUT2D eigenvalue weighted by Crippen LogP contribution is 2.38. The Labute approximate surface area is 108 Å². The minimum Gasteiger partial charge on any atom is -0.396 e. The summed E-state index contributed by atoms with van der Waals surface area (Å²) in [6, 6.07) is 7.94. The van der Waals surface area contributed by atoms with Gasteiger partial charge >= 0.3 is 0 Å². The lowest BCUT2D eigenvalue weighted by molar-refractivity contribution is 0.219. The molecule has 2 nitrogen and oxygen atoms in total. The van der Waals surface area contributed by atoms with Crippen molar-refractivity contribution in [2.24, 2.45) is 0 Å². The summed E-state index contributed by atoms with van der Waals surface area (Å²) in [5.41, 5.74) is 0.853. The molecule has 100 valence electrons. The molecule has 1 atom stereocenters. The van der Waals surface area contributed by atoms with E-state index >= 15 is 0 Å². The summed E-state index contributed by atoms with van der Waals surface area (Å²) in [7, 11) is 0. The van der Waals surface area contributed by atoms with Crippen molar-refractivity contribution in [2.45, 2.75) is 50.6 Å². The van der Waals surface area contributed by atoms with Gasteiger partial charge in [0.1, 0.15) is 5.82 Å². The predicted molar refractivity (Wildman–Crippen MR) is 71.1 cm³/mol. The molecular weight excluding hydrogens is 229 g/mol. The molecular formula is C15H22FNO. The van der Waals surface area contributed by atoms with Crippen LogP contribution in [-0.2, 0) is 0 Å². The summed E-state index contributed by atoms with van der Waals surface area (Å²) in [6.45, 7) is 2.36. The largest absolute Gasteiger partial charge is 0.396 e. The fourth-order valence-electron chi connectivity index (χ4n) is 2.71. The van der Waals surface area contributed by atoms with Crippen molar-refractivity contribution in [3.63, 3.8) is 0 Å². The maximum absolute atomic E-state index is 13.6. The number of halogens is 1. The zero-order valence-corrected chi connectivity index (χ0v) is 10.9. The Morgan fingerprint density at radius 3 is 2.72 bits per heavy atom. The van der Waals surface area contributed by atoms with Crippen molar-refractivity contribution < 1.29 is 9.50 Å². The molecule has 0 spiro atoms. The molecule has 0 aliphatic heterocycles. The molecule has 0 bridgehead atoms. The molecule has 1 fully saturated rings. The van der Waals surface area contributed by atoms with E-state index in [1.807, 2.05) is 12.1 Å². The number of nitrogens with one attached hydrogen (secondary N) is 1. The third-order valence-corrected chi connectivity index (χ3v) is 3.92. The normalized spacial score (nSPS) is 24.6. The van der Waals surface area contributed by atoms with Crippen LogP contribution in [0.1, 0.15) is 44.1 Å². The van der Waals surface area contributed by atoms with Gasteiger partial charge in [-0.3, -0.25) is 0 Å². The summed E-state index contributed by atoms with van der Waals surface area (Å²) in [5, 5.41) is 12.5. The summed E-state index contributed by atoms with van der Waals surface area (Å²) in [5.74, 6) is 0.277. The molecule has 18 heavy (non-hydrogen) atoms. The topological polar surface area (TPSA) is 32.3 Å². The van der Waals surface area contributed by atoms with E-state index in [0.717, 1.165) is 31.2 Å². The summed E-state index contributed by atoms with van der Waals surface area (Å²) < 4.78 is 13.6. The fraction of sp³-hybridized carbons (Fsp3) is 0.600. The highest BCUT2D eigenvalue weighted by molar-refractivity contribution is 5.24. The van der Waals surface area contributed by atoms with Crippen LogP contribution in [-0.4, -0.2) is 23.8 Å². The monoisotopic (exact) mass is 251 g/mol. The van der Waals surface area contributed by atoms with Gasteiger partial charge in [-0.15, -0.1) is 0 Å². The standard InChI is InChI=1S/C15H22FNO/c1-2-12(7-8-18)17-13-9-11(10-13)14-5-3-4-6-15(14)16/h3-6,11-13,17-18H,2,7-10H2,1H3. The highest BCUT2D eigenvalue weighted by Gasteiger charge is 2.32. The minimum absolute atomic E-state index is 0.0802. The van der Waals surface area contributed by atoms with E-state index in [1.54, 1.807) is 6.07 Å². The van der Waals surface area contributed by atoms with Gasteiger partial charge in [0.15, 0.2) is 0 Å². The lowest BCUT2D eigenvalue weighted by atomic mass is 9.75. The van der Waals surface area contributed by atoms with Crippen molar-refractivity contribution >= 4 is 0 Å². The van der Waals surface area contributed by atoms with Gasteiger partial charge in [0.2, 0.25) is 0 Å². The Hall–Kier alpha value is -0.930. The Morgan fingerprint density at radius 2 is 2.11 bits per heavy atom. The maximum Gasteiger partial charge on any atom is 0.126 e. The molecule has 0 aromatic heterocycles. The van der Waals surface area contributed by atoms with Gasteiger partial charge in [-0.25, -0.2) is 4.39 Å². The van der Waals surface area contributed by atoms with Crippen LogP contribution >= 0.6 is 0 Å². The van der Waals surface area contributed by atoms with Crippen molar-refractivity contribution in [3.8, 4) is 0 Å². The number of aliphatic hydroxyl groups excluding tert-OH is 1. The first-order chi connectivity index (χ1) is 8.74. The van der Waals surface area contributed by atoms with Crippen LogP contribution in [0.4, 0.5) is 4.39 Å². The van der Waals surface area contributed by atoms with Gasteiger partial charge in [-0.2, -0.15) is 0 Å². The lowest BCUT2D eigenvalue weighted by Crippen LogP contribution is -2.45. The van der Waals surface area contributed by atoms with Gasteiger partial charge in [-0.1, -0.05) is 25.1 Å². The van der Waals surface area contributed by atoms with E-state index in [-0.39, 0.29) is 12.4 Å². The second kappa shape index (κ2) is 6.30. The molecule has 1 aliphatic carbocycles. The first kappa shape index (κ1) is 13.5. The molecule has 0 radical (unpaired) electrons. The Morgan fingerprint density at radius 1 is 1.39 bits per heavy atom. The molecule has 2 N–H and O–H groups in total. The third kappa shape index (κ3) is 3.09. The number of aliphatic hydroxyl groups is 1. The fourth-order valence-corrected chi connectivity index (χ4v) is 2.71. The molecule has 1 aliphatic rings. The van der Waals surface area contributed by atoms with Crippen LogP contribution in [0.3, 0.4) is 0 Å². The highest BCUT2D eigenvalue weighted by atomic mass is 19.1. The molecule has 0 heterocycles. The van der Waals surface area contributed by atoms with Crippen molar-refractivity contribution in [1.29, 1.82) is 0 Å². The van der Waals surface area contributed by atoms with Crippen LogP contribution in [0.5, 0.6) is 0 Å². The van der Waals surface area contributed by atoms with Crippen molar-refractivity contribution in [2.75, 3.05) is 6.61 Å². The first-order valence-electron chi connectivity index (χ1n) is 6.86. The molecule has 2 rings (SSSR count). The third-order valence-electron chi connectivity index (χ3n) is 3.92. The molecule has 1 saturated carbocycles. The van der Waals surface area contributed by atoms with Gasteiger partial charge in [-0.05, 0) is 43.2 Å². The van der Waals surface area contributed by atoms with Gasteiger partial charge in [0.25, 0.3) is 0 Å². The van der Waals surface area contributed by atoms with Crippen LogP contribution in [0.25, 0.3) is 0 Å². The second-order valence-electron chi connectivity index (χ2n) is 5.17. The maximum atomic E-state index is 13.6. The van der Waals surface area contributed by atoms with Crippen molar-refractivity contribution in [1.82, 2.24) is 5.32 Å². The van der Waals surface area contributed by atoms with E-state index in [0.29, 0.717) is 18.0 Å². The van der Waals surface area contributed by atoms with E-state index in [9.17, 15) is 4.39 Å². The van der Waals surface area contributed by atoms with Gasteiger partial charge < -0.3 is 10.4 Å². The molecule has 3 heteroatoms. The predicted octanol–water partition coefficient (Wildman–Crippen LogP) is 2.82. The molecule has 0 amide bonds. The first-order valence-corrected chi connectivity index (χ1v) is 6.86. The van der Waals surface area contributed by atoms with E-state index in [1.165, 1.54) is 6.07 Å². The van der Waals surface area contributed by atoms with E-state index in [4.69, 9.17) is 5.11 Å². The van der Waals surface area contributed by atoms with Crippen LogP contribution < -0.4 is 5.32 Å². The zero-order valence-electron chi connectivity index (χ0n) is 10.9. The second-order valence-corrected chi connectivity index (χ2v) is 5.17. The zero-order chi connectivity index (χ0) is 13.0. The summed E-state index contributed by atoms with van der Waals surface area (Å²) >= 11 is 0. The van der Waals surface area contributed by atoms with Crippen LogP contribution in [0, 0.1) is 5.82 Å². The summed E-state index contributed by atoms with van der Waals surface area (Å²) in [6.07, 6.45) is 3.84. The summed E-state index contributed by atoms with van der Waals surface area (Å²) in [4.78, 5) is 0. The molecule has 1 unspecified atom stereocenters. The smallest absolute Gasteiger partial charge is 0.126 e. The van der Waals surface area contributed by atoms with Crippen LogP contribution in [0.15, 0.2) is 24.3 Å². The SMILES string of the molecule is CCC(CCO)NC1CC(c2ccccc2F)C1. The number of hydrogen-bond donors (Lipinski definition) is 2. The van der Waals surface area contributed by atoms with Gasteiger partial charge in [0, 0.05) is 18.7 Å². The van der Waals surface area contributed by atoms with E-state index < -0.39 is 0 Å². The number of hydrogen-bond acceptors (Lipinski definition) is 2. The average molecular weight is 251 g/mol. The Balaban J connectivity index is 1.82. The van der Waals surface area contributed by atoms with Crippen LogP contribution in [0.2, 0.25) is 0 Å². The van der Waals surface area contributed by atoms with Crippen molar-refractivity contribution in [3.05, 3.63) is 35.6 Å². The van der Waals surface area contributed by atoms with Gasteiger partial charge in [0.05, 0.1) is 0 Å². The molecule has 0 saturated heterocycles. The number of benzene rings is 1. The molecule has 1 aromatic carbocycles. The average Bonchev–Trinajstić information content (AvgIpc) is 2.33.